The molecule has 1 amide bonds. The van der Waals surface area contributed by atoms with E-state index >= 15 is 0 Å². The molecule has 0 fully saturated rings. The number of rotatable bonds is 12. The summed E-state index contributed by atoms with van der Waals surface area (Å²) in [4.78, 5) is 35.5. The summed E-state index contributed by atoms with van der Waals surface area (Å²) >= 11 is 0. The zero-order chi connectivity index (χ0) is 30.2. The van der Waals surface area contributed by atoms with Gasteiger partial charge in [0.15, 0.2) is 0 Å². The van der Waals surface area contributed by atoms with Crippen LogP contribution >= 0.6 is 0 Å². The van der Waals surface area contributed by atoms with Crippen molar-refractivity contribution in [1.29, 1.82) is 0 Å². The number of nitrogens with two attached hydrogens (primary N) is 1. The molecule has 1 aromatic heterocycles. The number of benzene rings is 3. The maximum Gasteiger partial charge on any atom is 0.262 e. The van der Waals surface area contributed by atoms with Gasteiger partial charge in [-0.1, -0.05) is 74.0 Å². The Kier molecular flexibility index (Phi) is 10.3. The monoisotopic (exact) mass is 566 g/mol. The molecule has 0 saturated carbocycles. The average Bonchev–Trinajstić information content (AvgIpc) is 2.97. The first-order valence-corrected chi connectivity index (χ1v) is 14.7. The number of carbonyl (C=O) groups excluding carboxylic acids is 1. The van der Waals surface area contributed by atoms with Crippen LogP contribution in [0.15, 0.2) is 83.7 Å². The molecular formula is C35H42N4O3. The number of hydrogen-bond acceptors (Lipinski definition) is 5. The second-order valence-corrected chi connectivity index (χ2v) is 11.0. The van der Waals surface area contributed by atoms with Gasteiger partial charge in [0, 0.05) is 12.1 Å². The first-order chi connectivity index (χ1) is 20.2. The van der Waals surface area contributed by atoms with Gasteiger partial charge < -0.3 is 15.4 Å². The maximum absolute atomic E-state index is 14.5. The second kappa shape index (κ2) is 14.1. The SMILES string of the molecule is CCOc1cccc(-c2c(C)nc(C(C(C)C)N(CCCN)C(=O)c3ccc(C)cc3)n(Cc3ccccc3)c2=O)c1. The Morgan fingerprint density at radius 2 is 1.71 bits per heavy atom. The van der Waals surface area contributed by atoms with E-state index in [1.54, 1.807) is 4.57 Å². The third-order valence-corrected chi connectivity index (χ3v) is 7.39. The van der Waals surface area contributed by atoms with E-state index in [1.165, 1.54) is 0 Å². The molecule has 0 spiro atoms. The summed E-state index contributed by atoms with van der Waals surface area (Å²) in [5.41, 5.74) is 10.3. The van der Waals surface area contributed by atoms with Gasteiger partial charge in [0.25, 0.3) is 11.5 Å². The van der Waals surface area contributed by atoms with Crippen LogP contribution in [0.5, 0.6) is 5.75 Å². The van der Waals surface area contributed by atoms with E-state index in [2.05, 4.69) is 13.8 Å². The molecule has 1 heterocycles. The average molecular weight is 567 g/mol. The summed E-state index contributed by atoms with van der Waals surface area (Å²) in [6, 6.07) is 24.6. The molecular weight excluding hydrogens is 524 g/mol. The predicted molar refractivity (Wildman–Crippen MR) is 169 cm³/mol. The summed E-state index contributed by atoms with van der Waals surface area (Å²) in [6.07, 6.45) is 0.630. The van der Waals surface area contributed by atoms with Crippen molar-refractivity contribution in [2.24, 2.45) is 11.7 Å². The zero-order valence-corrected chi connectivity index (χ0v) is 25.3. The van der Waals surface area contributed by atoms with Crippen molar-refractivity contribution in [2.75, 3.05) is 19.7 Å². The molecule has 0 aliphatic rings. The van der Waals surface area contributed by atoms with Gasteiger partial charge in [-0.2, -0.15) is 0 Å². The lowest BCUT2D eigenvalue weighted by atomic mass is 9.97. The van der Waals surface area contributed by atoms with Gasteiger partial charge >= 0.3 is 0 Å². The third-order valence-electron chi connectivity index (χ3n) is 7.39. The van der Waals surface area contributed by atoms with Crippen LogP contribution in [0, 0.1) is 19.8 Å². The Labute approximate surface area is 249 Å². The fourth-order valence-electron chi connectivity index (χ4n) is 5.35. The number of aryl methyl sites for hydroxylation is 2. The largest absolute Gasteiger partial charge is 0.494 e. The van der Waals surface area contributed by atoms with Crippen LogP contribution in [0.2, 0.25) is 0 Å². The summed E-state index contributed by atoms with van der Waals surface area (Å²) in [6.45, 7) is 11.7. The molecule has 42 heavy (non-hydrogen) atoms. The van der Waals surface area contributed by atoms with Crippen molar-refractivity contribution in [2.45, 2.75) is 53.6 Å². The van der Waals surface area contributed by atoms with E-state index in [0.29, 0.717) is 61.1 Å². The third kappa shape index (κ3) is 6.97. The standard InChI is InChI=1S/C35H42N4O3/c1-6-42-30-15-10-14-29(22-30)31-26(5)37-33(39(35(31)41)23-27-12-8-7-9-13-27)32(24(2)3)38(21-11-20-36)34(40)28-18-16-25(4)17-19-28/h7-10,12-19,22,24,32H,6,11,20-21,23,36H2,1-5H3. The molecule has 0 radical (unpaired) electrons. The molecule has 0 saturated heterocycles. The van der Waals surface area contributed by atoms with Crippen LogP contribution in [-0.2, 0) is 6.54 Å². The summed E-state index contributed by atoms with van der Waals surface area (Å²) in [7, 11) is 0. The van der Waals surface area contributed by atoms with Crippen LogP contribution in [0.25, 0.3) is 11.1 Å². The van der Waals surface area contributed by atoms with Gasteiger partial charge in [-0.25, -0.2) is 4.98 Å². The minimum atomic E-state index is -0.454. The van der Waals surface area contributed by atoms with Gasteiger partial charge in [-0.15, -0.1) is 0 Å². The maximum atomic E-state index is 14.5. The molecule has 3 aromatic carbocycles. The van der Waals surface area contributed by atoms with Crippen molar-refractivity contribution in [3.8, 4) is 16.9 Å². The van der Waals surface area contributed by atoms with Gasteiger partial charge in [0.1, 0.15) is 11.6 Å². The highest BCUT2D eigenvalue weighted by atomic mass is 16.5. The molecule has 220 valence electrons. The van der Waals surface area contributed by atoms with Crippen LogP contribution in [0.1, 0.15) is 66.2 Å². The van der Waals surface area contributed by atoms with Crippen LogP contribution < -0.4 is 16.0 Å². The van der Waals surface area contributed by atoms with E-state index in [0.717, 1.165) is 16.7 Å². The Morgan fingerprint density at radius 1 is 1.00 bits per heavy atom. The summed E-state index contributed by atoms with van der Waals surface area (Å²) in [5, 5.41) is 0. The zero-order valence-electron chi connectivity index (χ0n) is 25.3. The molecule has 7 nitrogen and oxygen atoms in total. The van der Waals surface area contributed by atoms with E-state index in [-0.39, 0.29) is 17.4 Å². The molecule has 1 unspecified atom stereocenters. The Morgan fingerprint density at radius 3 is 2.36 bits per heavy atom. The Bertz CT molecular complexity index is 1550. The van der Waals surface area contributed by atoms with Crippen molar-refractivity contribution in [1.82, 2.24) is 14.5 Å². The molecule has 7 heteroatoms. The van der Waals surface area contributed by atoms with Gasteiger partial charge in [-0.05, 0) is 75.0 Å². The van der Waals surface area contributed by atoms with E-state index in [9.17, 15) is 9.59 Å². The fraction of sp³-hybridized carbons (Fsp3) is 0.343. The number of amides is 1. The van der Waals surface area contributed by atoms with Crippen LogP contribution in [-0.4, -0.2) is 40.1 Å². The number of carbonyl (C=O) groups is 1. The molecule has 4 rings (SSSR count). The van der Waals surface area contributed by atoms with Gasteiger partial charge in [0.2, 0.25) is 0 Å². The molecule has 2 N–H and O–H groups in total. The van der Waals surface area contributed by atoms with Crippen molar-refractivity contribution < 1.29 is 9.53 Å². The number of aromatic nitrogens is 2. The fourth-order valence-corrected chi connectivity index (χ4v) is 5.35. The minimum absolute atomic E-state index is 0.0300. The van der Waals surface area contributed by atoms with Crippen molar-refractivity contribution in [3.63, 3.8) is 0 Å². The summed E-state index contributed by atoms with van der Waals surface area (Å²) in [5.74, 6) is 1.13. The topological polar surface area (TPSA) is 90.4 Å². The normalized spacial score (nSPS) is 11.9. The molecule has 4 aromatic rings. The lowest BCUT2D eigenvalue weighted by Crippen LogP contribution is -2.42. The van der Waals surface area contributed by atoms with E-state index < -0.39 is 6.04 Å². The molecule has 0 aliphatic carbocycles. The Balaban J connectivity index is 1.93. The highest BCUT2D eigenvalue weighted by Gasteiger charge is 2.33. The lowest BCUT2D eigenvalue weighted by molar-refractivity contribution is 0.0602. The lowest BCUT2D eigenvalue weighted by Gasteiger charge is -2.36. The van der Waals surface area contributed by atoms with E-state index in [4.69, 9.17) is 15.5 Å². The number of ether oxygens (including phenoxy) is 1. The van der Waals surface area contributed by atoms with Gasteiger partial charge in [-0.3, -0.25) is 14.2 Å². The summed E-state index contributed by atoms with van der Waals surface area (Å²) < 4.78 is 7.47. The second-order valence-electron chi connectivity index (χ2n) is 11.0. The van der Waals surface area contributed by atoms with Gasteiger partial charge in [0.05, 0.1) is 30.5 Å². The predicted octanol–water partition coefficient (Wildman–Crippen LogP) is 6.16. The highest BCUT2D eigenvalue weighted by Crippen LogP contribution is 2.32. The van der Waals surface area contributed by atoms with Crippen molar-refractivity contribution >= 4 is 5.91 Å². The quantitative estimate of drug-likeness (QED) is 0.222. The molecule has 1 atom stereocenters. The number of nitrogens with zero attached hydrogens (tertiary/aromatic N) is 3. The molecule has 0 aliphatic heterocycles. The van der Waals surface area contributed by atoms with E-state index in [1.807, 2.05) is 105 Å². The number of hydrogen-bond donors (Lipinski definition) is 1. The smallest absolute Gasteiger partial charge is 0.262 e. The first-order valence-electron chi connectivity index (χ1n) is 14.7. The van der Waals surface area contributed by atoms with Crippen LogP contribution in [0.4, 0.5) is 0 Å². The minimum Gasteiger partial charge on any atom is -0.494 e. The highest BCUT2D eigenvalue weighted by molar-refractivity contribution is 5.94. The first kappa shape index (κ1) is 30.7. The van der Waals surface area contributed by atoms with Crippen molar-refractivity contribution in [3.05, 3.63) is 117 Å². The Hall–Kier alpha value is -4.23. The van der Waals surface area contributed by atoms with Crippen LogP contribution in [0.3, 0.4) is 0 Å². The molecule has 0 bridgehead atoms.